The van der Waals surface area contributed by atoms with E-state index in [2.05, 4.69) is 11.8 Å². The van der Waals surface area contributed by atoms with Crippen LogP contribution in [0.2, 0.25) is 0 Å². The summed E-state index contributed by atoms with van der Waals surface area (Å²) in [5, 5.41) is 9.23. The fourth-order valence-corrected chi connectivity index (χ4v) is 3.20. The first-order valence-corrected chi connectivity index (χ1v) is 8.25. The second-order valence-corrected chi connectivity index (χ2v) is 6.55. The SMILES string of the molecule is CCCN(C)c1ccc(C(=O)N2CC(C)CC(C(=O)O)C2)cc1. The van der Waals surface area contributed by atoms with Crippen LogP contribution in [0.15, 0.2) is 24.3 Å². The lowest BCUT2D eigenvalue weighted by Gasteiger charge is -2.34. The number of anilines is 1. The molecule has 1 heterocycles. The number of carbonyl (C=O) groups excluding carboxylic acids is 1. The van der Waals surface area contributed by atoms with E-state index in [9.17, 15) is 14.7 Å². The molecule has 0 saturated carbocycles. The van der Waals surface area contributed by atoms with Crippen molar-refractivity contribution in [3.8, 4) is 0 Å². The van der Waals surface area contributed by atoms with Crippen LogP contribution in [0.3, 0.4) is 0 Å². The summed E-state index contributed by atoms with van der Waals surface area (Å²) in [6, 6.07) is 7.56. The van der Waals surface area contributed by atoms with Crippen molar-refractivity contribution in [2.75, 3.05) is 31.6 Å². The first-order chi connectivity index (χ1) is 10.9. The van der Waals surface area contributed by atoms with Gasteiger partial charge in [-0.05, 0) is 43.0 Å². The zero-order chi connectivity index (χ0) is 17.0. The molecule has 126 valence electrons. The zero-order valence-electron chi connectivity index (χ0n) is 14.2. The molecule has 1 aromatic carbocycles. The molecule has 0 spiro atoms. The van der Waals surface area contributed by atoms with Crippen molar-refractivity contribution >= 4 is 17.6 Å². The van der Waals surface area contributed by atoms with E-state index in [1.165, 1.54) is 0 Å². The Morgan fingerprint density at radius 1 is 1.26 bits per heavy atom. The molecule has 0 radical (unpaired) electrons. The maximum Gasteiger partial charge on any atom is 0.308 e. The van der Waals surface area contributed by atoms with Crippen molar-refractivity contribution in [2.45, 2.75) is 26.7 Å². The molecule has 2 rings (SSSR count). The number of nitrogens with zero attached hydrogens (tertiary/aromatic N) is 2. The lowest BCUT2D eigenvalue weighted by molar-refractivity contribution is -0.143. The van der Waals surface area contributed by atoms with Crippen LogP contribution in [0.25, 0.3) is 0 Å². The predicted octanol–water partition coefficient (Wildman–Crippen LogP) is 2.72. The van der Waals surface area contributed by atoms with Gasteiger partial charge in [-0.1, -0.05) is 13.8 Å². The summed E-state index contributed by atoms with van der Waals surface area (Å²) >= 11 is 0. The van der Waals surface area contributed by atoms with Crippen LogP contribution in [-0.2, 0) is 4.79 Å². The van der Waals surface area contributed by atoms with Crippen LogP contribution in [-0.4, -0.2) is 48.6 Å². The molecule has 1 aliphatic rings. The molecule has 1 N–H and O–H groups in total. The predicted molar refractivity (Wildman–Crippen MR) is 90.8 cm³/mol. The number of benzene rings is 1. The van der Waals surface area contributed by atoms with Gasteiger partial charge in [0, 0.05) is 37.9 Å². The fourth-order valence-electron chi connectivity index (χ4n) is 3.20. The highest BCUT2D eigenvalue weighted by Crippen LogP contribution is 2.24. The third-order valence-electron chi connectivity index (χ3n) is 4.41. The maximum atomic E-state index is 12.6. The van der Waals surface area contributed by atoms with Gasteiger partial charge in [0.05, 0.1) is 5.92 Å². The van der Waals surface area contributed by atoms with Gasteiger partial charge in [-0.15, -0.1) is 0 Å². The van der Waals surface area contributed by atoms with Gasteiger partial charge in [0.2, 0.25) is 0 Å². The molecule has 2 unspecified atom stereocenters. The van der Waals surface area contributed by atoms with Crippen LogP contribution in [0, 0.1) is 11.8 Å². The molecule has 1 aliphatic heterocycles. The zero-order valence-corrected chi connectivity index (χ0v) is 14.2. The summed E-state index contributed by atoms with van der Waals surface area (Å²) in [4.78, 5) is 27.7. The number of piperidine rings is 1. The molecule has 5 nitrogen and oxygen atoms in total. The highest BCUT2D eigenvalue weighted by atomic mass is 16.4. The molecule has 1 fully saturated rings. The number of carbonyl (C=O) groups is 2. The number of aliphatic carboxylic acids is 1. The molecular weight excluding hydrogens is 292 g/mol. The van der Waals surface area contributed by atoms with Crippen LogP contribution < -0.4 is 4.90 Å². The van der Waals surface area contributed by atoms with Gasteiger partial charge in [-0.25, -0.2) is 0 Å². The number of likely N-dealkylation sites (tertiary alicyclic amines) is 1. The van der Waals surface area contributed by atoms with E-state index in [1.54, 1.807) is 4.90 Å². The van der Waals surface area contributed by atoms with Crippen molar-refractivity contribution in [3.05, 3.63) is 29.8 Å². The van der Waals surface area contributed by atoms with Crippen molar-refractivity contribution < 1.29 is 14.7 Å². The highest BCUT2D eigenvalue weighted by Gasteiger charge is 2.32. The third-order valence-corrected chi connectivity index (χ3v) is 4.41. The lowest BCUT2D eigenvalue weighted by Crippen LogP contribution is -2.45. The van der Waals surface area contributed by atoms with E-state index in [1.807, 2.05) is 38.2 Å². The van der Waals surface area contributed by atoms with Crippen LogP contribution in [0.1, 0.15) is 37.0 Å². The summed E-state index contributed by atoms with van der Waals surface area (Å²) in [7, 11) is 2.03. The van der Waals surface area contributed by atoms with E-state index >= 15 is 0 Å². The van der Waals surface area contributed by atoms with E-state index in [4.69, 9.17) is 0 Å². The Kier molecular flexibility index (Phi) is 5.64. The molecular formula is C18H26N2O3. The summed E-state index contributed by atoms with van der Waals surface area (Å²) in [6.07, 6.45) is 1.71. The molecule has 1 saturated heterocycles. The summed E-state index contributed by atoms with van der Waals surface area (Å²) in [5.74, 6) is -1.14. The quantitative estimate of drug-likeness (QED) is 0.907. The van der Waals surface area contributed by atoms with E-state index < -0.39 is 11.9 Å². The second-order valence-electron chi connectivity index (χ2n) is 6.55. The Bertz CT molecular complexity index is 556. The number of rotatable bonds is 5. The first-order valence-electron chi connectivity index (χ1n) is 8.25. The highest BCUT2D eigenvalue weighted by molar-refractivity contribution is 5.95. The average molecular weight is 318 g/mol. The number of hydrogen-bond donors (Lipinski definition) is 1. The van der Waals surface area contributed by atoms with Crippen LogP contribution in [0.4, 0.5) is 5.69 Å². The minimum absolute atomic E-state index is 0.0764. The number of amides is 1. The minimum Gasteiger partial charge on any atom is -0.481 e. The van der Waals surface area contributed by atoms with Crippen molar-refractivity contribution in [2.24, 2.45) is 11.8 Å². The van der Waals surface area contributed by atoms with Crippen molar-refractivity contribution in [1.82, 2.24) is 4.90 Å². The molecule has 1 aromatic rings. The van der Waals surface area contributed by atoms with Gasteiger partial charge in [0.1, 0.15) is 0 Å². The van der Waals surface area contributed by atoms with Gasteiger partial charge in [0.15, 0.2) is 0 Å². The monoisotopic (exact) mass is 318 g/mol. The lowest BCUT2D eigenvalue weighted by atomic mass is 9.90. The third kappa shape index (κ3) is 4.24. The summed E-state index contributed by atoms with van der Waals surface area (Å²) in [5.41, 5.74) is 1.70. The number of carboxylic acid groups (broad SMARTS) is 1. The van der Waals surface area contributed by atoms with E-state index in [0.717, 1.165) is 18.7 Å². The summed E-state index contributed by atoms with van der Waals surface area (Å²) in [6.45, 7) is 6.02. The molecule has 0 bridgehead atoms. The minimum atomic E-state index is -0.814. The van der Waals surface area contributed by atoms with Crippen LogP contribution >= 0.6 is 0 Å². The maximum absolute atomic E-state index is 12.6. The topological polar surface area (TPSA) is 60.9 Å². The average Bonchev–Trinajstić information content (AvgIpc) is 2.54. The van der Waals surface area contributed by atoms with Gasteiger partial charge in [-0.2, -0.15) is 0 Å². The Morgan fingerprint density at radius 3 is 2.48 bits per heavy atom. The van der Waals surface area contributed by atoms with Crippen LogP contribution in [0.5, 0.6) is 0 Å². The first kappa shape index (κ1) is 17.3. The number of carboxylic acids is 1. The molecule has 23 heavy (non-hydrogen) atoms. The van der Waals surface area contributed by atoms with Gasteiger partial charge in [-0.3, -0.25) is 9.59 Å². The number of hydrogen-bond acceptors (Lipinski definition) is 3. The smallest absolute Gasteiger partial charge is 0.308 e. The molecule has 1 amide bonds. The Hall–Kier alpha value is -2.04. The molecule has 0 aromatic heterocycles. The Labute approximate surface area is 137 Å². The fraction of sp³-hybridized carbons (Fsp3) is 0.556. The van der Waals surface area contributed by atoms with Crippen molar-refractivity contribution in [3.63, 3.8) is 0 Å². The van der Waals surface area contributed by atoms with Crippen molar-refractivity contribution in [1.29, 1.82) is 0 Å². The van der Waals surface area contributed by atoms with Gasteiger partial charge < -0.3 is 14.9 Å². The van der Waals surface area contributed by atoms with Gasteiger partial charge in [0.25, 0.3) is 5.91 Å². The van der Waals surface area contributed by atoms with Gasteiger partial charge >= 0.3 is 5.97 Å². The largest absolute Gasteiger partial charge is 0.481 e. The summed E-state index contributed by atoms with van der Waals surface area (Å²) < 4.78 is 0. The Morgan fingerprint density at radius 2 is 1.91 bits per heavy atom. The molecule has 2 atom stereocenters. The standard InChI is InChI=1S/C18H26N2O3/c1-4-9-19(3)16-7-5-14(6-8-16)17(21)20-11-13(2)10-15(12-20)18(22)23/h5-8,13,15H,4,9-12H2,1-3H3,(H,22,23). The normalized spacial score (nSPS) is 21.1. The van der Waals surface area contributed by atoms with E-state index in [0.29, 0.717) is 25.1 Å². The Balaban J connectivity index is 2.09. The second kappa shape index (κ2) is 7.49. The molecule has 5 heteroatoms. The van der Waals surface area contributed by atoms with E-state index in [-0.39, 0.29) is 11.8 Å². The molecule has 0 aliphatic carbocycles.